The van der Waals surface area contributed by atoms with E-state index in [4.69, 9.17) is 0 Å². The van der Waals surface area contributed by atoms with Gasteiger partial charge in [0, 0.05) is 11.1 Å². The maximum absolute atomic E-state index is 13.7. The quantitative estimate of drug-likeness (QED) is 0.674. The number of nitrogens with one attached hydrogen (secondary N) is 2. The summed E-state index contributed by atoms with van der Waals surface area (Å²) in [5.74, 6) is -4.92. The highest BCUT2D eigenvalue weighted by Crippen LogP contribution is 2.24. The van der Waals surface area contributed by atoms with Crippen molar-refractivity contribution in [1.82, 2.24) is 0 Å². The van der Waals surface area contributed by atoms with Crippen molar-refractivity contribution in [2.24, 2.45) is 0 Å². The van der Waals surface area contributed by atoms with Crippen LogP contribution in [0, 0.1) is 17.5 Å². The number of fused-ring (bicyclic) bond motifs is 1. The molecule has 0 aromatic heterocycles. The monoisotopic (exact) mass is 344 g/mol. The second kappa shape index (κ2) is 6.84. The number of amides is 1. The first-order chi connectivity index (χ1) is 12.0. The first-order valence-corrected chi connectivity index (χ1v) is 7.66. The molecule has 1 amide bonds. The van der Waals surface area contributed by atoms with E-state index in [9.17, 15) is 18.0 Å². The third-order valence-electron chi connectivity index (χ3n) is 3.85. The zero-order valence-corrected chi connectivity index (χ0v) is 13.3. The lowest BCUT2D eigenvalue weighted by atomic mass is 10.1. The standard InChI is InChI=1S/C19H15F3N2O/c1-11(19(25)24-16-10-9-14(20)17(21)18(16)22)23-15-8-4-6-12-5-2-3-7-13(12)15/h2-11,23H,1H3,(H,24,25)/t11-/m1/s1. The minimum Gasteiger partial charge on any atom is -0.373 e. The van der Waals surface area contributed by atoms with Gasteiger partial charge in [0.05, 0.1) is 5.69 Å². The van der Waals surface area contributed by atoms with Crippen molar-refractivity contribution >= 4 is 28.1 Å². The van der Waals surface area contributed by atoms with Gasteiger partial charge in [-0.1, -0.05) is 36.4 Å². The lowest BCUT2D eigenvalue weighted by Crippen LogP contribution is -2.32. The Hall–Kier alpha value is -3.02. The largest absolute Gasteiger partial charge is 0.373 e. The van der Waals surface area contributed by atoms with Crippen LogP contribution < -0.4 is 10.6 Å². The number of carbonyl (C=O) groups is 1. The van der Waals surface area contributed by atoms with E-state index in [1.165, 1.54) is 0 Å². The van der Waals surface area contributed by atoms with Crippen molar-refractivity contribution in [3.8, 4) is 0 Å². The second-order valence-corrected chi connectivity index (χ2v) is 5.60. The molecular weight excluding hydrogens is 329 g/mol. The molecule has 0 heterocycles. The van der Waals surface area contributed by atoms with Crippen LogP contribution >= 0.6 is 0 Å². The maximum Gasteiger partial charge on any atom is 0.246 e. The zero-order chi connectivity index (χ0) is 18.0. The fourth-order valence-corrected chi connectivity index (χ4v) is 2.51. The van der Waals surface area contributed by atoms with Crippen LogP contribution in [0.5, 0.6) is 0 Å². The Kier molecular flexibility index (Phi) is 4.61. The van der Waals surface area contributed by atoms with Gasteiger partial charge in [0.15, 0.2) is 17.5 Å². The summed E-state index contributed by atoms with van der Waals surface area (Å²) in [6.07, 6.45) is 0. The van der Waals surface area contributed by atoms with Crippen molar-refractivity contribution in [2.75, 3.05) is 10.6 Å². The van der Waals surface area contributed by atoms with Gasteiger partial charge in [-0.15, -0.1) is 0 Å². The number of carbonyl (C=O) groups excluding carboxylic acids is 1. The van der Waals surface area contributed by atoms with Crippen molar-refractivity contribution in [2.45, 2.75) is 13.0 Å². The van der Waals surface area contributed by atoms with E-state index in [0.29, 0.717) is 0 Å². The Morgan fingerprint density at radius 3 is 2.40 bits per heavy atom. The molecule has 0 aliphatic carbocycles. The Morgan fingerprint density at radius 1 is 0.880 bits per heavy atom. The fraction of sp³-hybridized carbons (Fsp3) is 0.105. The Labute approximate surface area is 142 Å². The number of halogens is 3. The van der Waals surface area contributed by atoms with E-state index < -0.39 is 35.1 Å². The maximum atomic E-state index is 13.7. The molecule has 0 saturated carbocycles. The van der Waals surface area contributed by atoms with Crippen LogP contribution in [0.3, 0.4) is 0 Å². The summed E-state index contributed by atoms with van der Waals surface area (Å²) >= 11 is 0. The molecule has 0 fully saturated rings. The van der Waals surface area contributed by atoms with Crippen molar-refractivity contribution in [3.05, 3.63) is 72.0 Å². The molecule has 128 valence electrons. The van der Waals surface area contributed by atoms with Crippen molar-refractivity contribution in [3.63, 3.8) is 0 Å². The molecule has 3 aromatic carbocycles. The smallest absolute Gasteiger partial charge is 0.246 e. The molecule has 0 saturated heterocycles. The molecular formula is C19H15F3N2O. The van der Waals surface area contributed by atoms with Crippen LogP contribution in [-0.2, 0) is 4.79 Å². The second-order valence-electron chi connectivity index (χ2n) is 5.60. The molecule has 0 spiro atoms. The van der Waals surface area contributed by atoms with Crippen LogP contribution in [0.15, 0.2) is 54.6 Å². The number of hydrogen-bond donors (Lipinski definition) is 2. The molecule has 0 aliphatic heterocycles. The van der Waals surface area contributed by atoms with Crippen LogP contribution in [0.2, 0.25) is 0 Å². The average Bonchev–Trinajstić information content (AvgIpc) is 2.62. The molecule has 2 N–H and O–H groups in total. The van der Waals surface area contributed by atoms with Crippen LogP contribution in [0.25, 0.3) is 10.8 Å². The molecule has 3 rings (SSSR count). The number of benzene rings is 3. The molecule has 6 heteroatoms. The topological polar surface area (TPSA) is 41.1 Å². The van der Waals surface area contributed by atoms with Gasteiger partial charge in [0.2, 0.25) is 5.91 Å². The van der Waals surface area contributed by atoms with Gasteiger partial charge >= 0.3 is 0 Å². The van der Waals surface area contributed by atoms with Gasteiger partial charge < -0.3 is 10.6 Å². The molecule has 25 heavy (non-hydrogen) atoms. The molecule has 0 radical (unpaired) electrons. The zero-order valence-electron chi connectivity index (χ0n) is 13.3. The first kappa shape index (κ1) is 16.8. The molecule has 0 aliphatic rings. The average molecular weight is 344 g/mol. The van der Waals surface area contributed by atoms with Crippen LogP contribution in [-0.4, -0.2) is 11.9 Å². The van der Waals surface area contributed by atoms with Gasteiger partial charge in [-0.3, -0.25) is 4.79 Å². The lowest BCUT2D eigenvalue weighted by Gasteiger charge is -2.17. The normalized spacial score (nSPS) is 12.0. The van der Waals surface area contributed by atoms with Gasteiger partial charge in [-0.2, -0.15) is 0 Å². The predicted molar refractivity (Wildman–Crippen MR) is 92.0 cm³/mol. The Bertz CT molecular complexity index is 938. The third kappa shape index (κ3) is 3.42. The molecule has 1 atom stereocenters. The van der Waals surface area contributed by atoms with Crippen molar-refractivity contribution < 1.29 is 18.0 Å². The molecule has 3 nitrogen and oxygen atoms in total. The summed E-state index contributed by atoms with van der Waals surface area (Å²) in [4.78, 5) is 12.2. The Balaban J connectivity index is 1.78. The highest BCUT2D eigenvalue weighted by Gasteiger charge is 2.19. The van der Waals surface area contributed by atoms with Crippen LogP contribution in [0.4, 0.5) is 24.5 Å². The van der Waals surface area contributed by atoms with E-state index in [1.54, 1.807) is 6.92 Å². The van der Waals surface area contributed by atoms with Gasteiger partial charge in [-0.05, 0) is 30.5 Å². The van der Waals surface area contributed by atoms with Gasteiger partial charge in [-0.25, -0.2) is 13.2 Å². The molecule has 0 unspecified atom stereocenters. The lowest BCUT2D eigenvalue weighted by molar-refractivity contribution is -0.116. The highest BCUT2D eigenvalue weighted by atomic mass is 19.2. The van der Waals surface area contributed by atoms with E-state index in [-0.39, 0.29) is 0 Å². The SMILES string of the molecule is C[C@@H](Nc1cccc2ccccc12)C(=O)Nc1ccc(F)c(F)c1F. The molecule has 0 bridgehead atoms. The van der Waals surface area contributed by atoms with E-state index >= 15 is 0 Å². The van der Waals surface area contributed by atoms with Gasteiger partial charge in [0.25, 0.3) is 0 Å². The van der Waals surface area contributed by atoms with E-state index in [0.717, 1.165) is 28.6 Å². The van der Waals surface area contributed by atoms with Crippen LogP contribution in [0.1, 0.15) is 6.92 Å². The summed E-state index contributed by atoms with van der Waals surface area (Å²) in [6, 6.07) is 14.3. The van der Waals surface area contributed by atoms with Gasteiger partial charge in [0.1, 0.15) is 6.04 Å². The number of anilines is 2. The van der Waals surface area contributed by atoms with E-state index in [2.05, 4.69) is 10.6 Å². The molecule has 3 aromatic rings. The van der Waals surface area contributed by atoms with E-state index in [1.807, 2.05) is 42.5 Å². The minimum atomic E-state index is -1.62. The summed E-state index contributed by atoms with van der Waals surface area (Å²) < 4.78 is 39.9. The summed E-state index contributed by atoms with van der Waals surface area (Å²) in [5, 5.41) is 7.25. The number of rotatable bonds is 4. The summed E-state index contributed by atoms with van der Waals surface area (Å²) in [5.41, 5.74) is 0.335. The third-order valence-corrected chi connectivity index (χ3v) is 3.85. The summed E-state index contributed by atoms with van der Waals surface area (Å²) in [6.45, 7) is 1.59. The predicted octanol–water partition coefficient (Wildman–Crippen LogP) is 4.70. The highest BCUT2D eigenvalue weighted by molar-refractivity contribution is 5.99. The fourth-order valence-electron chi connectivity index (χ4n) is 2.51. The first-order valence-electron chi connectivity index (χ1n) is 7.66. The minimum absolute atomic E-state index is 0.407. The number of hydrogen-bond acceptors (Lipinski definition) is 2. The van der Waals surface area contributed by atoms with Crippen molar-refractivity contribution in [1.29, 1.82) is 0 Å². The Morgan fingerprint density at radius 2 is 1.60 bits per heavy atom. The summed E-state index contributed by atoms with van der Waals surface area (Å²) in [7, 11) is 0.